The van der Waals surface area contributed by atoms with Crippen molar-refractivity contribution in [3.63, 3.8) is 0 Å². The fourth-order valence-corrected chi connectivity index (χ4v) is 3.51. The largest absolute Gasteiger partial charge is 0.325 e. The third kappa shape index (κ3) is 13.2. The van der Waals surface area contributed by atoms with E-state index >= 15 is 0 Å². The van der Waals surface area contributed by atoms with Gasteiger partial charge in [-0.25, -0.2) is 0 Å². The second-order valence-electron chi connectivity index (χ2n) is 8.54. The van der Waals surface area contributed by atoms with E-state index in [-0.39, 0.29) is 0 Å². The van der Waals surface area contributed by atoms with Crippen LogP contribution in [0.2, 0.25) is 0 Å². The third-order valence-corrected chi connectivity index (χ3v) is 5.33. The normalized spacial score (nSPS) is 12.1. The Balaban J connectivity index is 1.95. The average molecular weight is 359 g/mol. The molecule has 0 N–H and O–H groups in total. The topological polar surface area (TPSA) is 0 Å². The summed E-state index contributed by atoms with van der Waals surface area (Å²) in [5.74, 6) is 0. The summed E-state index contributed by atoms with van der Waals surface area (Å²) in [6.07, 6.45) is 21.7. The van der Waals surface area contributed by atoms with Crippen molar-refractivity contribution in [1.29, 1.82) is 0 Å². The standard InChI is InChI=1S/C25H44N/c1-4-5-6-7-8-9-10-11-12-13-14-18-23-26(2,3)24-19-22-25-20-16-15-17-21-25/h15-17,19-22H,4-14,18,23-24H2,1-3H3/q+1. The maximum atomic E-state index is 2.36. The smallest absolute Gasteiger partial charge is 0.0972 e. The minimum Gasteiger partial charge on any atom is -0.325 e. The number of hydrogen-bond acceptors (Lipinski definition) is 0. The summed E-state index contributed by atoms with van der Waals surface area (Å²) in [5.41, 5.74) is 1.30. The van der Waals surface area contributed by atoms with Gasteiger partial charge in [-0.05, 0) is 24.5 Å². The molecule has 0 spiro atoms. The van der Waals surface area contributed by atoms with Gasteiger partial charge < -0.3 is 4.48 Å². The fourth-order valence-electron chi connectivity index (χ4n) is 3.51. The molecule has 1 aromatic rings. The monoisotopic (exact) mass is 358 g/mol. The molecule has 1 aromatic carbocycles. The number of quaternary nitrogens is 1. The number of unbranched alkanes of at least 4 members (excludes halogenated alkanes) is 11. The summed E-state index contributed by atoms with van der Waals surface area (Å²) in [7, 11) is 4.71. The average Bonchev–Trinajstić information content (AvgIpc) is 2.63. The van der Waals surface area contributed by atoms with Gasteiger partial charge in [0, 0.05) is 0 Å². The molecule has 0 heterocycles. The van der Waals surface area contributed by atoms with Crippen LogP contribution < -0.4 is 0 Å². The number of benzene rings is 1. The van der Waals surface area contributed by atoms with Crippen LogP contribution in [0.3, 0.4) is 0 Å². The van der Waals surface area contributed by atoms with E-state index in [4.69, 9.17) is 0 Å². The van der Waals surface area contributed by atoms with Gasteiger partial charge in [-0.1, -0.05) is 108 Å². The highest BCUT2D eigenvalue weighted by atomic mass is 15.3. The second kappa shape index (κ2) is 15.0. The molecule has 148 valence electrons. The molecule has 0 bridgehead atoms. The molecular formula is C25H44N+. The first-order valence-electron chi connectivity index (χ1n) is 11.2. The minimum atomic E-state index is 1.10. The van der Waals surface area contributed by atoms with Crippen LogP contribution in [0.4, 0.5) is 0 Å². The zero-order valence-corrected chi connectivity index (χ0v) is 17.9. The van der Waals surface area contributed by atoms with Crippen LogP contribution in [0.25, 0.3) is 6.08 Å². The summed E-state index contributed by atoms with van der Waals surface area (Å²) >= 11 is 0. The van der Waals surface area contributed by atoms with E-state index in [1.165, 1.54) is 89.2 Å². The van der Waals surface area contributed by atoms with Crippen LogP contribution in [0.5, 0.6) is 0 Å². The molecule has 0 aliphatic carbocycles. The number of likely N-dealkylation sites (N-methyl/N-ethyl adjacent to an activating group) is 1. The lowest BCUT2D eigenvalue weighted by molar-refractivity contribution is -0.884. The molecular weight excluding hydrogens is 314 g/mol. The third-order valence-electron chi connectivity index (χ3n) is 5.33. The van der Waals surface area contributed by atoms with Crippen molar-refractivity contribution in [3.05, 3.63) is 42.0 Å². The lowest BCUT2D eigenvalue weighted by Gasteiger charge is -2.28. The van der Waals surface area contributed by atoms with Crippen LogP contribution in [0.1, 0.15) is 89.5 Å². The zero-order chi connectivity index (χ0) is 18.9. The molecule has 0 aliphatic rings. The summed E-state index contributed by atoms with van der Waals surface area (Å²) in [5, 5.41) is 0. The molecule has 0 amide bonds. The number of nitrogens with zero attached hydrogens (tertiary/aromatic N) is 1. The highest BCUT2D eigenvalue weighted by Crippen LogP contribution is 2.13. The van der Waals surface area contributed by atoms with E-state index in [2.05, 4.69) is 63.5 Å². The van der Waals surface area contributed by atoms with Gasteiger partial charge >= 0.3 is 0 Å². The first kappa shape index (κ1) is 23.0. The van der Waals surface area contributed by atoms with Crippen LogP contribution >= 0.6 is 0 Å². The molecule has 1 heteroatoms. The van der Waals surface area contributed by atoms with E-state index in [0.717, 1.165) is 11.0 Å². The van der Waals surface area contributed by atoms with Crippen LogP contribution in [0.15, 0.2) is 36.4 Å². The second-order valence-corrected chi connectivity index (χ2v) is 8.54. The van der Waals surface area contributed by atoms with Gasteiger partial charge in [0.05, 0.1) is 27.2 Å². The summed E-state index contributed by atoms with van der Waals surface area (Å²) in [6, 6.07) is 10.6. The van der Waals surface area contributed by atoms with Crippen molar-refractivity contribution in [2.24, 2.45) is 0 Å². The predicted octanol–water partition coefficient (Wildman–Crippen LogP) is 7.48. The molecule has 1 nitrogen and oxygen atoms in total. The van der Waals surface area contributed by atoms with Crippen molar-refractivity contribution in [2.45, 2.75) is 84.0 Å². The van der Waals surface area contributed by atoms with Gasteiger partial charge in [0.15, 0.2) is 0 Å². The molecule has 0 aliphatic heterocycles. The maximum Gasteiger partial charge on any atom is 0.0972 e. The van der Waals surface area contributed by atoms with E-state index in [1.807, 2.05) is 0 Å². The van der Waals surface area contributed by atoms with E-state index in [1.54, 1.807) is 0 Å². The summed E-state index contributed by atoms with van der Waals surface area (Å²) in [6.45, 7) is 4.70. The lowest BCUT2D eigenvalue weighted by atomic mass is 10.1. The molecule has 0 unspecified atom stereocenters. The predicted molar refractivity (Wildman–Crippen MR) is 118 cm³/mol. The summed E-state index contributed by atoms with van der Waals surface area (Å²) in [4.78, 5) is 0. The van der Waals surface area contributed by atoms with Gasteiger partial charge in [-0.15, -0.1) is 0 Å². The van der Waals surface area contributed by atoms with Crippen molar-refractivity contribution in [2.75, 3.05) is 27.2 Å². The Kier molecular flexibility index (Phi) is 13.3. The van der Waals surface area contributed by atoms with Gasteiger partial charge in [-0.3, -0.25) is 0 Å². The van der Waals surface area contributed by atoms with E-state index in [9.17, 15) is 0 Å². The lowest BCUT2D eigenvalue weighted by Crippen LogP contribution is -2.40. The molecule has 26 heavy (non-hydrogen) atoms. The maximum absolute atomic E-state index is 2.36. The Morgan fingerprint density at radius 2 is 1.19 bits per heavy atom. The van der Waals surface area contributed by atoms with Crippen molar-refractivity contribution in [1.82, 2.24) is 0 Å². The van der Waals surface area contributed by atoms with Crippen LogP contribution in [-0.4, -0.2) is 31.7 Å². The van der Waals surface area contributed by atoms with Crippen molar-refractivity contribution in [3.8, 4) is 0 Å². The van der Waals surface area contributed by atoms with E-state index in [0.29, 0.717) is 0 Å². The molecule has 1 rings (SSSR count). The minimum absolute atomic E-state index is 1.10. The quantitative estimate of drug-likeness (QED) is 0.212. The molecule has 0 radical (unpaired) electrons. The van der Waals surface area contributed by atoms with Gasteiger partial charge in [0.25, 0.3) is 0 Å². The number of hydrogen-bond donors (Lipinski definition) is 0. The number of rotatable bonds is 16. The van der Waals surface area contributed by atoms with Crippen molar-refractivity contribution < 1.29 is 4.48 Å². The Hall–Kier alpha value is -1.08. The Morgan fingerprint density at radius 1 is 0.692 bits per heavy atom. The Bertz CT molecular complexity index is 446. The molecule has 0 saturated heterocycles. The molecule has 0 saturated carbocycles. The van der Waals surface area contributed by atoms with Crippen molar-refractivity contribution >= 4 is 6.08 Å². The zero-order valence-electron chi connectivity index (χ0n) is 17.9. The van der Waals surface area contributed by atoms with E-state index < -0.39 is 0 Å². The molecule has 0 atom stereocenters. The fraction of sp³-hybridized carbons (Fsp3) is 0.680. The SMILES string of the molecule is CCCCCCCCCCCCCC[N+](C)(C)CC=Cc1ccccc1. The first-order chi connectivity index (χ1) is 12.6. The molecule has 0 aromatic heterocycles. The van der Waals surface area contributed by atoms with Crippen LogP contribution in [0, 0.1) is 0 Å². The van der Waals surface area contributed by atoms with Crippen LogP contribution in [-0.2, 0) is 0 Å². The Labute approximate surface area is 164 Å². The Morgan fingerprint density at radius 3 is 1.73 bits per heavy atom. The highest BCUT2D eigenvalue weighted by molar-refractivity contribution is 5.48. The van der Waals surface area contributed by atoms with Gasteiger partial charge in [0.2, 0.25) is 0 Å². The summed E-state index contributed by atoms with van der Waals surface area (Å²) < 4.78 is 1.10. The van der Waals surface area contributed by atoms with Gasteiger partial charge in [-0.2, -0.15) is 0 Å². The molecule has 0 fully saturated rings. The highest BCUT2D eigenvalue weighted by Gasteiger charge is 2.11. The van der Waals surface area contributed by atoms with Gasteiger partial charge in [0.1, 0.15) is 0 Å². The first-order valence-corrected chi connectivity index (χ1v) is 11.2.